The third kappa shape index (κ3) is 5.00. The van der Waals surface area contributed by atoms with Crippen LogP contribution in [0.4, 0.5) is 5.82 Å². The molecule has 2 aliphatic heterocycles. The lowest BCUT2D eigenvalue weighted by Crippen LogP contribution is -2.38. The van der Waals surface area contributed by atoms with Crippen molar-refractivity contribution in [1.82, 2.24) is 39.0 Å². The third-order valence-electron chi connectivity index (χ3n) is 9.46. The van der Waals surface area contributed by atoms with Gasteiger partial charge in [-0.3, -0.25) is 18.4 Å². The number of fused-ring (bicyclic) bond motifs is 4. The highest BCUT2D eigenvalue weighted by molar-refractivity contribution is 8.07. The first-order valence-corrected chi connectivity index (χ1v) is 18.5. The fourth-order valence-corrected chi connectivity index (χ4v) is 9.74. The summed E-state index contributed by atoms with van der Waals surface area (Å²) in [6.45, 7) is -4.05. The number of nitrogen functional groups attached to an aromatic ring is 1. The molecule has 4 aliphatic rings. The van der Waals surface area contributed by atoms with Crippen molar-refractivity contribution in [3.05, 3.63) is 35.2 Å². The Bertz CT molecular complexity index is 2060. The molecular formula is C24H29N9O11P2S. The molecule has 2 aliphatic carbocycles. The number of aliphatic hydroxyl groups is 2. The van der Waals surface area contributed by atoms with Crippen LogP contribution in [-0.2, 0) is 39.2 Å². The van der Waals surface area contributed by atoms with Crippen molar-refractivity contribution in [2.45, 2.75) is 50.0 Å². The first-order chi connectivity index (χ1) is 22.3. The first-order valence-electron chi connectivity index (χ1n) is 14.4. The minimum atomic E-state index is -4.94. The van der Waals surface area contributed by atoms with Crippen molar-refractivity contribution in [2.24, 2.45) is 17.3 Å². The van der Waals surface area contributed by atoms with Gasteiger partial charge in [0, 0.05) is 11.3 Å². The fourth-order valence-electron chi connectivity index (χ4n) is 7.23. The number of aromatic amines is 1. The maximum Gasteiger partial charge on any atom is 0.472 e. The molecule has 0 aromatic carbocycles. The zero-order valence-corrected chi connectivity index (χ0v) is 26.9. The van der Waals surface area contributed by atoms with Crippen LogP contribution in [0.3, 0.4) is 0 Å². The second-order valence-corrected chi connectivity index (χ2v) is 16.3. The van der Waals surface area contributed by atoms with Crippen LogP contribution in [0, 0.1) is 24.2 Å². The number of hydrogen-bond donors (Lipinski definition) is 6. The van der Waals surface area contributed by atoms with Gasteiger partial charge in [-0.15, -0.1) is 0 Å². The fraction of sp³-hybridized carbons (Fsp3) is 0.583. The highest BCUT2D eigenvalue weighted by atomic mass is 32.5. The molecule has 252 valence electrons. The predicted molar refractivity (Wildman–Crippen MR) is 161 cm³/mol. The molecule has 7 N–H and O–H groups in total. The zero-order valence-electron chi connectivity index (χ0n) is 24.3. The molecule has 47 heavy (non-hydrogen) atoms. The molecule has 4 fully saturated rings. The van der Waals surface area contributed by atoms with Crippen molar-refractivity contribution < 1.29 is 47.4 Å². The van der Waals surface area contributed by atoms with Gasteiger partial charge < -0.3 is 49.1 Å². The summed E-state index contributed by atoms with van der Waals surface area (Å²) < 4.78 is 45.7. The number of phosphoric acid groups is 1. The van der Waals surface area contributed by atoms with Crippen molar-refractivity contribution in [1.29, 1.82) is 0 Å². The molecule has 11 atom stereocenters. The highest BCUT2D eigenvalue weighted by Crippen LogP contribution is 2.72. The summed E-state index contributed by atoms with van der Waals surface area (Å²) in [6.07, 6.45) is -1.87. The van der Waals surface area contributed by atoms with E-state index >= 15 is 0 Å². The molecule has 0 amide bonds. The smallest absolute Gasteiger partial charge is 0.396 e. The third-order valence-corrected chi connectivity index (χ3v) is 12.0. The van der Waals surface area contributed by atoms with Gasteiger partial charge in [0.2, 0.25) is 0 Å². The molecule has 20 nitrogen and oxygen atoms in total. The summed E-state index contributed by atoms with van der Waals surface area (Å²) in [5.74, 6) is -0.993. The number of aliphatic hydroxyl groups excluding tert-OH is 2. The van der Waals surface area contributed by atoms with E-state index in [1.54, 1.807) is 11.5 Å². The minimum absolute atomic E-state index is 0.0191. The van der Waals surface area contributed by atoms with E-state index in [0.717, 1.165) is 0 Å². The van der Waals surface area contributed by atoms with Crippen LogP contribution in [0.1, 0.15) is 24.5 Å². The number of anilines is 1. The van der Waals surface area contributed by atoms with E-state index in [1.807, 2.05) is 0 Å². The van der Waals surface area contributed by atoms with Gasteiger partial charge in [0.25, 0.3) is 5.56 Å². The van der Waals surface area contributed by atoms with Crippen LogP contribution >= 0.6 is 14.5 Å². The average Bonchev–Trinajstić information content (AvgIpc) is 3.30. The molecule has 2 bridgehead atoms. The zero-order chi connectivity index (χ0) is 33.0. The van der Waals surface area contributed by atoms with Crippen LogP contribution in [0.5, 0.6) is 0 Å². The molecule has 2 saturated carbocycles. The Morgan fingerprint density at radius 3 is 2.68 bits per heavy atom. The van der Waals surface area contributed by atoms with Crippen LogP contribution < -0.4 is 11.3 Å². The molecule has 2 saturated heterocycles. The monoisotopic (exact) mass is 713 g/mol. The molecule has 4 aromatic heterocycles. The second kappa shape index (κ2) is 10.9. The lowest BCUT2D eigenvalue weighted by molar-refractivity contribution is -0.0611. The number of rotatable bonds is 3. The SMILES string of the molecule is Cc1nc2c(ncn2[C@@H]2O[C@@H]3COP(O)(=S)O[C@H]4[C@@H](O)[C@H](n5cnc6c(N)ncnc65)[C@H]5C[C@@]54COP(=O)(O)O[C@@H]2[C@@H]3CO)c(=O)[nH]1. The van der Waals surface area contributed by atoms with Crippen molar-refractivity contribution in [3.8, 4) is 0 Å². The highest BCUT2D eigenvalue weighted by Gasteiger charge is 2.74. The van der Waals surface area contributed by atoms with Crippen molar-refractivity contribution in [3.63, 3.8) is 0 Å². The van der Waals surface area contributed by atoms with Gasteiger partial charge in [-0.2, -0.15) is 0 Å². The topological polar surface area (TPSA) is 277 Å². The van der Waals surface area contributed by atoms with Gasteiger partial charge in [0.1, 0.15) is 36.0 Å². The summed E-state index contributed by atoms with van der Waals surface area (Å²) >= 11 is 5.37. The number of hydrogen-bond acceptors (Lipinski definition) is 16. The second-order valence-electron chi connectivity index (χ2n) is 12.1. The summed E-state index contributed by atoms with van der Waals surface area (Å²) in [6, 6.07) is -0.721. The Balaban J connectivity index is 1.15. The van der Waals surface area contributed by atoms with Crippen LogP contribution in [0.15, 0.2) is 23.8 Å². The minimum Gasteiger partial charge on any atom is -0.396 e. The molecule has 6 heterocycles. The van der Waals surface area contributed by atoms with E-state index < -0.39 is 93.9 Å². The average molecular weight is 714 g/mol. The quantitative estimate of drug-likeness (QED) is 0.145. The Kier molecular flexibility index (Phi) is 7.28. The Morgan fingerprint density at radius 2 is 1.89 bits per heavy atom. The van der Waals surface area contributed by atoms with Crippen LogP contribution in [-0.4, -0.2) is 103 Å². The molecule has 1 spiro atoms. The molecule has 0 radical (unpaired) electrons. The molecule has 8 rings (SSSR count). The van der Waals surface area contributed by atoms with Crippen molar-refractivity contribution in [2.75, 3.05) is 25.6 Å². The normalized spacial score (nSPS) is 40.4. The van der Waals surface area contributed by atoms with Gasteiger partial charge in [0.15, 0.2) is 28.9 Å². The first kappa shape index (κ1) is 31.5. The van der Waals surface area contributed by atoms with E-state index in [9.17, 15) is 29.4 Å². The van der Waals surface area contributed by atoms with E-state index in [1.165, 1.54) is 23.5 Å². The van der Waals surface area contributed by atoms with E-state index in [-0.39, 0.29) is 22.8 Å². The number of H-pyrrole nitrogens is 1. The lowest BCUT2D eigenvalue weighted by atomic mass is 9.99. The largest absolute Gasteiger partial charge is 0.472 e. The number of ether oxygens (including phenoxy) is 1. The lowest BCUT2D eigenvalue weighted by Gasteiger charge is -2.31. The molecular weight excluding hydrogens is 684 g/mol. The maximum absolute atomic E-state index is 13.6. The summed E-state index contributed by atoms with van der Waals surface area (Å²) in [5.41, 5.74) is 5.10. The van der Waals surface area contributed by atoms with E-state index in [0.29, 0.717) is 17.6 Å². The standard InChI is InChI=1S/C24H29N9O11P2S/c1-9-30-21-14(22(36)31-9)29-8-33(21)23-17-10(3-34)12(42-23)4-40-46(39,47)44-18-16(35)15(11-2-24(11,18)5-41-45(37,38)43-17)32-7-28-13-19(25)26-6-27-20(13)32/h6-8,10-12,15-18,23,34-35H,2-5H2,1H3,(H,37,38)(H,39,47)(H2,25,26,27)(H,30,31,36)/t10-,11-,12-,15-,16+,17-,18+,23-,24-,46?/m1/s1. The number of nitrogens with zero attached hydrogens (tertiary/aromatic N) is 7. The number of imidazole rings is 2. The van der Waals surface area contributed by atoms with Crippen LogP contribution in [0.25, 0.3) is 22.3 Å². The Morgan fingerprint density at radius 1 is 1.13 bits per heavy atom. The maximum atomic E-state index is 13.6. The van der Waals surface area contributed by atoms with Crippen molar-refractivity contribution >= 4 is 54.5 Å². The number of aryl methyl sites for hydroxylation is 1. The predicted octanol–water partition coefficient (Wildman–Crippen LogP) is -0.588. The van der Waals surface area contributed by atoms with Gasteiger partial charge >= 0.3 is 14.5 Å². The summed E-state index contributed by atoms with van der Waals surface area (Å²) in [7, 11) is -4.94. The Hall–Kier alpha value is -2.78. The van der Waals surface area contributed by atoms with Gasteiger partial charge in [-0.05, 0) is 31.1 Å². The van der Waals surface area contributed by atoms with Gasteiger partial charge in [-0.1, -0.05) is 0 Å². The van der Waals surface area contributed by atoms with E-state index in [4.69, 9.17) is 40.4 Å². The Labute approximate surface area is 268 Å². The summed E-state index contributed by atoms with van der Waals surface area (Å²) in [5, 5.41) is 22.0. The van der Waals surface area contributed by atoms with Gasteiger partial charge in [0.05, 0.1) is 44.6 Å². The number of phosphoric ester groups is 1. The number of nitrogens with two attached hydrogens (primary N) is 1. The van der Waals surface area contributed by atoms with Crippen LogP contribution in [0.2, 0.25) is 0 Å². The molecule has 23 heteroatoms. The molecule has 2 unspecified atom stereocenters. The number of aromatic nitrogens is 8. The summed E-state index contributed by atoms with van der Waals surface area (Å²) in [4.78, 5) is 58.3. The van der Waals surface area contributed by atoms with E-state index in [2.05, 4.69) is 29.9 Å². The number of nitrogens with one attached hydrogen (secondary N) is 1. The van der Waals surface area contributed by atoms with Gasteiger partial charge in [-0.25, -0.2) is 29.5 Å². The molecule has 4 aromatic rings.